The minimum Gasteiger partial charge on any atom is -0.480 e. The number of carboxylic acids is 1. The number of fused-ring (bicyclic) bond motifs is 2. The summed E-state index contributed by atoms with van der Waals surface area (Å²) >= 11 is 12.6. The number of likely N-dealkylation sites (tertiary alicyclic amines) is 1. The van der Waals surface area contributed by atoms with Crippen molar-refractivity contribution in [1.82, 2.24) is 4.90 Å². The molecule has 1 saturated heterocycles. The van der Waals surface area contributed by atoms with Gasteiger partial charge in [-0.05, 0) is 47.9 Å². The maximum Gasteiger partial charge on any atom is 0.323 e. The van der Waals surface area contributed by atoms with Crippen LogP contribution >= 0.6 is 23.2 Å². The molecule has 1 spiro atoms. The molecular weight excluding hydrogens is 487 g/mol. The van der Waals surface area contributed by atoms with Gasteiger partial charge in [-0.2, -0.15) is 0 Å². The van der Waals surface area contributed by atoms with Crippen LogP contribution in [0.1, 0.15) is 40.6 Å². The van der Waals surface area contributed by atoms with Crippen LogP contribution in [0, 0.1) is 6.92 Å². The molecule has 0 aliphatic carbocycles. The van der Waals surface area contributed by atoms with Gasteiger partial charge in [0.1, 0.15) is 12.0 Å². The van der Waals surface area contributed by atoms with Crippen molar-refractivity contribution in [2.75, 3.05) is 11.9 Å². The Morgan fingerprint density at radius 3 is 2.46 bits per heavy atom. The zero-order chi connectivity index (χ0) is 24.9. The number of carboxylic acid groups (broad SMARTS) is 1. The second-order valence-electron chi connectivity index (χ2n) is 9.06. The highest BCUT2D eigenvalue weighted by molar-refractivity contribution is 6.31. The standard InChI is InChI=1S/C27H22Cl2N2O4/c1-15-4-2-6-17(10-15)25-27(20-9-8-19(29)12-22(20)30-26(27)35)21(16-5-3-7-18(28)11-16)13-23(32)31(25)14-24(33)34/h2-12,21,25H,13-14H2,1H3,(H,30,35)(H,33,34)/t21-,25+,27-/m0/s1. The summed E-state index contributed by atoms with van der Waals surface area (Å²) in [5.41, 5.74) is 2.27. The molecule has 8 heteroatoms. The summed E-state index contributed by atoms with van der Waals surface area (Å²) in [6.07, 6.45) is -0.0502. The summed E-state index contributed by atoms with van der Waals surface area (Å²) in [6, 6.07) is 19.0. The molecule has 2 N–H and O–H groups in total. The van der Waals surface area contributed by atoms with Crippen molar-refractivity contribution in [2.45, 2.75) is 30.7 Å². The van der Waals surface area contributed by atoms with Crippen molar-refractivity contribution >= 4 is 46.7 Å². The van der Waals surface area contributed by atoms with Crippen LogP contribution in [0.4, 0.5) is 5.69 Å². The van der Waals surface area contributed by atoms with E-state index in [9.17, 15) is 19.5 Å². The molecule has 5 rings (SSSR count). The Bertz CT molecular complexity index is 1370. The highest BCUT2D eigenvalue weighted by Crippen LogP contribution is 2.60. The maximum atomic E-state index is 14.1. The van der Waals surface area contributed by atoms with Crippen molar-refractivity contribution in [1.29, 1.82) is 0 Å². The smallest absolute Gasteiger partial charge is 0.323 e. The number of nitrogens with one attached hydrogen (secondary N) is 1. The van der Waals surface area contributed by atoms with Crippen molar-refractivity contribution < 1.29 is 19.5 Å². The predicted molar refractivity (Wildman–Crippen MR) is 134 cm³/mol. The van der Waals surface area contributed by atoms with E-state index >= 15 is 0 Å². The van der Waals surface area contributed by atoms with Gasteiger partial charge in [0, 0.05) is 28.1 Å². The van der Waals surface area contributed by atoms with Gasteiger partial charge in [-0.15, -0.1) is 0 Å². The van der Waals surface area contributed by atoms with Crippen molar-refractivity contribution in [2.24, 2.45) is 0 Å². The van der Waals surface area contributed by atoms with Gasteiger partial charge in [0.15, 0.2) is 0 Å². The molecule has 2 heterocycles. The van der Waals surface area contributed by atoms with Crippen LogP contribution in [0.25, 0.3) is 0 Å². The highest BCUT2D eigenvalue weighted by atomic mass is 35.5. The first-order valence-electron chi connectivity index (χ1n) is 11.2. The van der Waals surface area contributed by atoms with E-state index in [1.54, 1.807) is 36.4 Å². The Morgan fingerprint density at radius 1 is 1.03 bits per heavy atom. The first-order chi connectivity index (χ1) is 16.7. The Labute approximate surface area is 212 Å². The van der Waals surface area contributed by atoms with E-state index < -0.39 is 29.9 Å². The molecule has 2 aliphatic heterocycles. The molecule has 6 nitrogen and oxygen atoms in total. The molecule has 0 unspecified atom stereocenters. The number of benzene rings is 3. The van der Waals surface area contributed by atoms with Crippen molar-refractivity contribution in [3.63, 3.8) is 0 Å². The summed E-state index contributed by atoms with van der Waals surface area (Å²) in [6.45, 7) is 1.39. The van der Waals surface area contributed by atoms with Gasteiger partial charge in [-0.25, -0.2) is 0 Å². The second-order valence-corrected chi connectivity index (χ2v) is 9.93. The normalized spacial score (nSPS) is 23.3. The lowest BCUT2D eigenvalue weighted by Crippen LogP contribution is -2.59. The number of rotatable bonds is 4. The largest absolute Gasteiger partial charge is 0.480 e. The maximum absolute atomic E-state index is 14.1. The number of carbonyl (C=O) groups excluding carboxylic acids is 2. The Balaban J connectivity index is 1.86. The fourth-order valence-electron chi connectivity index (χ4n) is 5.69. The monoisotopic (exact) mass is 508 g/mol. The lowest BCUT2D eigenvalue weighted by molar-refractivity contribution is -0.154. The topological polar surface area (TPSA) is 86.7 Å². The van der Waals surface area contributed by atoms with Gasteiger partial charge in [0.25, 0.3) is 0 Å². The van der Waals surface area contributed by atoms with Crippen LogP contribution in [0.15, 0.2) is 66.7 Å². The van der Waals surface area contributed by atoms with Crippen molar-refractivity contribution in [3.8, 4) is 0 Å². The summed E-state index contributed by atoms with van der Waals surface area (Å²) in [5.74, 6) is -2.40. The summed E-state index contributed by atoms with van der Waals surface area (Å²) in [4.78, 5) is 40.9. The van der Waals surface area contributed by atoms with Crippen LogP contribution in [-0.4, -0.2) is 34.3 Å². The van der Waals surface area contributed by atoms with Gasteiger partial charge < -0.3 is 15.3 Å². The zero-order valence-corrected chi connectivity index (χ0v) is 20.3. The first-order valence-corrected chi connectivity index (χ1v) is 11.9. The lowest BCUT2D eigenvalue weighted by atomic mass is 9.58. The first kappa shape index (κ1) is 23.4. The molecule has 3 aromatic rings. The number of amides is 2. The number of aliphatic carboxylic acids is 1. The van der Waals surface area contributed by atoms with Gasteiger partial charge in [0.2, 0.25) is 11.8 Å². The van der Waals surface area contributed by atoms with E-state index in [2.05, 4.69) is 5.32 Å². The number of aryl methyl sites for hydroxylation is 1. The average molecular weight is 509 g/mol. The third-order valence-electron chi connectivity index (χ3n) is 6.96. The number of anilines is 1. The Hall–Kier alpha value is -3.35. The van der Waals surface area contributed by atoms with Crippen LogP contribution in [-0.2, 0) is 19.8 Å². The van der Waals surface area contributed by atoms with Gasteiger partial charge >= 0.3 is 5.97 Å². The number of carbonyl (C=O) groups is 3. The molecule has 0 aromatic heterocycles. The van der Waals surface area contributed by atoms with Gasteiger partial charge in [-0.3, -0.25) is 14.4 Å². The average Bonchev–Trinajstić information content (AvgIpc) is 3.07. The fraction of sp³-hybridized carbons (Fsp3) is 0.222. The molecule has 2 aliphatic rings. The van der Waals surface area contributed by atoms with Gasteiger partial charge in [0.05, 0.1) is 6.04 Å². The van der Waals surface area contributed by atoms with Crippen LogP contribution in [0.2, 0.25) is 10.0 Å². The molecule has 0 saturated carbocycles. The van der Waals surface area contributed by atoms with Crippen LogP contribution < -0.4 is 5.32 Å². The number of nitrogens with zero attached hydrogens (tertiary/aromatic N) is 1. The number of hydrogen-bond donors (Lipinski definition) is 2. The SMILES string of the molecule is Cc1cccc([C@H]2N(CC(=O)O)C(=O)C[C@@H](c3cccc(Cl)c3)[C@]23C(=O)Nc2cc(Cl)ccc23)c1. The zero-order valence-electron chi connectivity index (χ0n) is 18.8. The van der Waals surface area contributed by atoms with E-state index in [0.717, 1.165) is 11.1 Å². The molecule has 3 atom stereocenters. The minimum absolute atomic E-state index is 0.0502. The molecule has 0 radical (unpaired) electrons. The number of hydrogen-bond acceptors (Lipinski definition) is 3. The van der Waals surface area contributed by atoms with Crippen molar-refractivity contribution in [3.05, 3.63) is 99.0 Å². The van der Waals surface area contributed by atoms with E-state index in [-0.39, 0.29) is 18.2 Å². The van der Waals surface area contributed by atoms with E-state index in [0.29, 0.717) is 26.9 Å². The van der Waals surface area contributed by atoms with E-state index in [1.165, 1.54) is 4.90 Å². The fourth-order valence-corrected chi connectivity index (χ4v) is 6.06. The van der Waals surface area contributed by atoms with Crippen LogP contribution in [0.3, 0.4) is 0 Å². The molecule has 2 amide bonds. The minimum atomic E-state index is -1.30. The molecule has 1 fully saturated rings. The molecule has 178 valence electrons. The van der Waals surface area contributed by atoms with E-state index in [1.807, 2.05) is 37.3 Å². The third-order valence-corrected chi connectivity index (χ3v) is 7.43. The molecule has 35 heavy (non-hydrogen) atoms. The molecule has 3 aromatic carbocycles. The number of piperidine rings is 1. The Kier molecular flexibility index (Phi) is 5.82. The third kappa shape index (κ3) is 3.77. The number of halogens is 2. The lowest BCUT2D eigenvalue weighted by Gasteiger charge is -2.51. The molecule has 0 bridgehead atoms. The van der Waals surface area contributed by atoms with Crippen LogP contribution in [0.5, 0.6) is 0 Å². The summed E-state index contributed by atoms with van der Waals surface area (Å²) < 4.78 is 0. The summed E-state index contributed by atoms with van der Waals surface area (Å²) in [7, 11) is 0. The quantitative estimate of drug-likeness (QED) is 0.498. The summed E-state index contributed by atoms with van der Waals surface area (Å²) in [5, 5.41) is 13.6. The molecular formula is C27H22Cl2N2O4. The van der Waals surface area contributed by atoms with E-state index in [4.69, 9.17) is 23.2 Å². The predicted octanol–water partition coefficient (Wildman–Crippen LogP) is 5.33. The van der Waals surface area contributed by atoms with Gasteiger partial charge in [-0.1, -0.05) is 71.2 Å². The highest BCUT2D eigenvalue weighted by Gasteiger charge is 2.63. The second kappa shape index (κ2) is 8.70. The Morgan fingerprint density at radius 2 is 1.74 bits per heavy atom.